The van der Waals surface area contributed by atoms with Crippen molar-refractivity contribution in [3.63, 3.8) is 0 Å². The number of hydrogen-bond donors (Lipinski definition) is 0. The van der Waals surface area contributed by atoms with Gasteiger partial charge in [0.15, 0.2) is 18.1 Å². The fourth-order valence-corrected chi connectivity index (χ4v) is 2.87. The number of benzene rings is 1. The largest absolute Gasteiger partial charge is 0.485 e. The highest BCUT2D eigenvalue weighted by molar-refractivity contribution is 5.82. The summed E-state index contributed by atoms with van der Waals surface area (Å²) >= 11 is 0. The van der Waals surface area contributed by atoms with Crippen LogP contribution in [0.4, 0.5) is 0 Å². The monoisotopic (exact) mass is 319 g/mol. The average Bonchev–Trinajstić information content (AvgIpc) is 2.59. The van der Waals surface area contributed by atoms with Crippen LogP contribution in [0.15, 0.2) is 24.3 Å². The number of nitrogens with zero attached hydrogens (tertiary/aromatic N) is 1. The van der Waals surface area contributed by atoms with Crippen LogP contribution >= 0.6 is 0 Å². The molecule has 3 rings (SSSR count). The summed E-state index contributed by atoms with van der Waals surface area (Å²) in [6.45, 7) is 3.43. The minimum Gasteiger partial charge on any atom is -0.485 e. The number of hydrogen-bond acceptors (Lipinski definition) is 5. The number of esters is 1. The van der Waals surface area contributed by atoms with Gasteiger partial charge in [0.2, 0.25) is 6.10 Å². The van der Waals surface area contributed by atoms with Gasteiger partial charge < -0.3 is 19.1 Å². The van der Waals surface area contributed by atoms with E-state index in [0.717, 1.165) is 25.9 Å². The fourth-order valence-electron chi connectivity index (χ4n) is 2.87. The number of carbonyl (C=O) groups excluding carboxylic acids is 2. The second-order valence-electron chi connectivity index (χ2n) is 6.06. The van der Waals surface area contributed by atoms with Gasteiger partial charge >= 0.3 is 5.97 Å². The lowest BCUT2D eigenvalue weighted by Gasteiger charge is -2.31. The maximum Gasteiger partial charge on any atom is 0.351 e. The van der Waals surface area contributed by atoms with Crippen LogP contribution in [0, 0.1) is 5.92 Å². The summed E-state index contributed by atoms with van der Waals surface area (Å²) in [4.78, 5) is 25.9. The molecule has 1 fully saturated rings. The molecule has 2 aliphatic rings. The Morgan fingerprint density at radius 2 is 2.09 bits per heavy atom. The first-order valence-electron chi connectivity index (χ1n) is 7.96. The van der Waals surface area contributed by atoms with E-state index in [-0.39, 0.29) is 19.1 Å². The Morgan fingerprint density at radius 3 is 2.87 bits per heavy atom. The molecule has 0 bridgehead atoms. The summed E-state index contributed by atoms with van der Waals surface area (Å²) in [6, 6.07) is 7.14. The molecular formula is C17H21NO5. The minimum atomic E-state index is -0.835. The lowest BCUT2D eigenvalue weighted by atomic mass is 10.0. The molecule has 2 aliphatic heterocycles. The SMILES string of the molecule is C[C@@H]1CCCN(C(=O)COC(=O)[C@H]2COc3ccccc3O2)C1. The topological polar surface area (TPSA) is 65.1 Å². The molecule has 6 nitrogen and oxygen atoms in total. The van der Waals surface area contributed by atoms with E-state index in [4.69, 9.17) is 14.2 Å². The molecule has 0 spiro atoms. The molecule has 0 unspecified atom stereocenters. The Balaban J connectivity index is 1.49. The van der Waals surface area contributed by atoms with E-state index in [9.17, 15) is 9.59 Å². The third-order valence-corrected chi connectivity index (χ3v) is 4.12. The highest BCUT2D eigenvalue weighted by Gasteiger charge is 2.30. The second kappa shape index (κ2) is 6.89. The summed E-state index contributed by atoms with van der Waals surface area (Å²) in [5, 5.41) is 0. The summed E-state index contributed by atoms with van der Waals surface area (Å²) in [7, 11) is 0. The lowest BCUT2D eigenvalue weighted by molar-refractivity contribution is -0.160. The smallest absolute Gasteiger partial charge is 0.351 e. The molecule has 1 amide bonds. The van der Waals surface area contributed by atoms with Crippen LogP contribution in [-0.2, 0) is 14.3 Å². The van der Waals surface area contributed by atoms with Crippen LogP contribution in [-0.4, -0.2) is 49.2 Å². The van der Waals surface area contributed by atoms with Gasteiger partial charge in [-0.05, 0) is 30.9 Å². The Kier molecular flexibility index (Phi) is 4.69. The molecule has 2 heterocycles. The van der Waals surface area contributed by atoms with E-state index in [1.54, 1.807) is 23.1 Å². The Morgan fingerprint density at radius 1 is 1.30 bits per heavy atom. The molecule has 0 N–H and O–H groups in total. The third kappa shape index (κ3) is 3.75. The van der Waals surface area contributed by atoms with Crippen molar-refractivity contribution in [3.05, 3.63) is 24.3 Å². The number of carbonyl (C=O) groups is 2. The second-order valence-corrected chi connectivity index (χ2v) is 6.06. The molecule has 0 aliphatic carbocycles. The maximum atomic E-state index is 12.1. The molecule has 6 heteroatoms. The molecule has 2 atom stereocenters. The number of amides is 1. The van der Waals surface area contributed by atoms with Crippen molar-refractivity contribution < 1.29 is 23.8 Å². The van der Waals surface area contributed by atoms with Gasteiger partial charge in [-0.3, -0.25) is 4.79 Å². The molecule has 1 aromatic carbocycles. The Hall–Kier alpha value is -2.24. The van der Waals surface area contributed by atoms with Crippen molar-refractivity contribution in [2.75, 3.05) is 26.3 Å². The highest BCUT2D eigenvalue weighted by atomic mass is 16.6. The van der Waals surface area contributed by atoms with Crippen molar-refractivity contribution in [2.45, 2.75) is 25.9 Å². The van der Waals surface area contributed by atoms with E-state index >= 15 is 0 Å². The van der Waals surface area contributed by atoms with E-state index in [0.29, 0.717) is 17.4 Å². The Labute approximate surface area is 135 Å². The van der Waals surface area contributed by atoms with Crippen LogP contribution in [0.5, 0.6) is 11.5 Å². The summed E-state index contributed by atoms with van der Waals surface area (Å²) < 4.78 is 16.1. The predicted octanol–water partition coefficient (Wildman–Crippen LogP) is 1.63. The zero-order valence-corrected chi connectivity index (χ0v) is 13.2. The van der Waals surface area contributed by atoms with Crippen LogP contribution in [0.25, 0.3) is 0 Å². The average molecular weight is 319 g/mol. The number of piperidine rings is 1. The molecule has 124 valence electrons. The first-order valence-corrected chi connectivity index (χ1v) is 7.96. The number of fused-ring (bicyclic) bond motifs is 1. The van der Waals surface area contributed by atoms with E-state index in [1.807, 2.05) is 6.07 Å². The number of rotatable bonds is 3. The van der Waals surface area contributed by atoms with Crippen molar-refractivity contribution in [3.8, 4) is 11.5 Å². The van der Waals surface area contributed by atoms with Crippen LogP contribution in [0.1, 0.15) is 19.8 Å². The van der Waals surface area contributed by atoms with Crippen LogP contribution in [0.2, 0.25) is 0 Å². The zero-order valence-electron chi connectivity index (χ0n) is 13.2. The van der Waals surface area contributed by atoms with Gasteiger partial charge in [0.1, 0.15) is 6.61 Å². The summed E-state index contributed by atoms with van der Waals surface area (Å²) in [5.41, 5.74) is 0. The minimum absolute atomic E-state index is 0.0881. The quantitative estimate of drug-likeness (QED) is 0.792. The van der Waals surface area contributed by atoms with Gasteiger partial charge in [0, 0.05) is 13.1 Å². The van der Waals surface area contributed by atoms with Gasteiger partial charge in [0.25, 0.3) is 5.91 Å². The molecule has 23 heavy (non-hydrogen) atoms. The van der Waals surface area contributed by atoms with Crippen molar-refractivity contribution in [1.29, 1.82) is 0 Å². The van der Waals surface area contributed by atoms with Gasteiger partial charge in [-0.25, -0.2) is 4.79 Å². The molecule has 1 saturated heterocycles. The number of para-hydroxylation sites is 2. The maximum absolute atomic E-state index is 12.1. The van der Waals surface area contributed by atoms with Gasteiger partial charge in [-0.2, -0.15) is 0 Å². The summed E-state index contributed by atoms with van der Waals surface area (Å²) in [5.74, 6) is 0.890. The first-order chi connectivity index (χ1) is 11.1. The van der Waals surface area contributed by atoms with E-state index < -0.39 is 12.1 Å². The summed E-state index contributed by atoms with van der Waals surface area (Å²) in [6.07, 6.45) is 1.30. The van der Waals surface area contributed by atoms with Crippen molar-refractivity contribution in [2.24, 2.45) is 5.92 Å². The highest BCUT2D eigenvalue weighted by Crippen LogP contribution is 2.31. The standard InChI is InChI=1S/C17H21NO5/c1-12-5-4-8-18(9-12)16(19)11-22-17(20)15-10-21-13-6-2-3-7-14(13)23-15/h2-3,6-7,12,15H,4-5,8-11H2,1H3/t12-,15-/m1/s1. The van der Waals surface area contributed by atoms with Gasteiger partial charge in [-0.15, -0.1) is 0 Å². The predicted molar refractivity (Wildman–Crippen MR) is 82.3 cm³/mol. The number of ether oxygens (including phenoxy) is 3. The molecule has 1 aromatic rings. The van der Waals surface area contributed by atoms with Gasteiger partial charge in [0.05, 0.1) is 0 Å². The normalized spacial score (nSPS) is 23.3. The van der Waals surface area contributed by atoms with Gasteiger partial charge in [-0.1, -0.05) is 19.1 Å². The van der Waals surface area contributed by atoms with Crippen molar-refractivity contribution in [1.82, 2.24) is 4.90 Å². The molecular weight excluding hydrogens is 298 g/mol. The van der Waals surface area contributed by atoms with Crippen LogP contribution < -0.4 is 9.47 Å². The van der Waals surface area contributed by atoms with Crippen molar-refractivity contribution >= 4 is 11.9 Å². The van der Waals surface area contributed by atoms with E-state index in [2.05, 4.69) is 6.92 Å². The molecule has 0 saturated carbocycles. The number of likely N-dealkylation sites (tertiary alicyclic amines) is 1. The van der Waals surface area contributed by atoms with E-state index in [1.165, 1.54) is 0 Å². The lowest BCUT2D eigenvalue weighted by Crippen LogP contribution is -2.43. The first kappa shape index (κ1) is 15.6. The zero-order chi connectivity index (χ0) is 16.2. The molecule has 0 radical (unpaired) electrons. The fraction of sp³-hybridized carbons (Fsp3) is 0.529. The Bertz CT molecular complexity index is 588. The molecule has 0 aromatic heterocycles. The third-order valence-electron chi connectivity index (χ3n) is 4.12. The van der Waals surface area contributed by atoms with Crippen LogP contribution in [0.3, 0.4) is 0 Å².